The van der Waals surface area contributed by atoms with E-state index in [1.54, 1.807) is 0 Å². The number of pyridine rings is 1. The normalized spacial score (nSPS) is 17.0. The molecule has 2 heterocycles. The molecule has 1 aromatic heterocycles. The van der Waals surface area contributed by atoms with Gasteiger partial charge in [0.2, 0.25) is 0 Å². The van der Waals surface area contributed by atoms with Crippen LogP contribution in [0.4, 0.5) is 5.69 Å². The summed E-state index contributed by atoms with van der Waals surface area (Å²) < 4.78 is 0. The second-order valence-electron chi connectivity index (χ2n) is 5.76. The quantitative estimate of drug-likeness (QED) is 0.876. The molecule has 1 aliphatic heterocycles. The number of rotatable bonds is 3. The van der Waals surface area contributed by atoms with Crippen molar-refractivity contribution in [3.63, 3.8) is 0 Å². The van der Waals surface area contributed by atoms with Crippen LogP contribution >= 0.6 is 0 Å². The van der Waals surface area contributed by atoms with Crippen molar-refractivity contribution in [3.05, 3.63) is 48.2 Å². The van der Waals surface area contributed by atoms with Crippen molar-refractivity contribution in [2.75, 3.05) is 39.0 Å². The number of aromatic nitrogens is 1. The minimum absolute atomic E-state index is 0.774. The van der Waals surface area contributed by atoms with Crippen LogP contribution in [0.25, 0.3) is 11.3 Å². The molecule has 0 spiro atoms. The van der Waals surface area contributed by atoms with Crippen LogP contribution in [0.5, 0.6) is 0 Å². The predicted molar refractivity (Wildman–Crippen MR) is 86.9 cm³/mol. The molecule has 0 saturated carbocycles. The molecule has 2 aromatic rings. The van der Waals surface area contributed by atoms with Gasteiger partial charge in [0.25, 0.3) is 0 Å². The van der Waals surface area contributed by atoms with E-state index in [4.69, 9.17) is 5.73 Å². The van der Waals surface area contributed by atoms with E-state index in [1.165, 1.54) is 5.56 Å². The first-order valence-electron chi connectivity index (χ1n) is 7.42. The van der Waals surface area contributed by atoms with E-state index in [0.29, 0.717) is 0 Å². The Bertz CT molecular complexity index is 586. The fraction of sp³-hybridized carbons (Fsp3) is 0.353. The van der Waals surface area contributed by atoms with Crippen LogP contribution in [0.3, 0.4) is 0 Å². The summed E-state index contributed by atoms with van der Waals surface area (Å²) in [6.07, 6.45) is 1.98. The highest BCUT2D eigenvalue weighted by Gasteiger charge is 2.13. The molecule has 0 unspecified atom stereocenters. The molecule has 1 aromatic carbocycles. The topological polar surface area (TPSA) is 45.4 Å². The maximum atomic E-state index is 5.82. The highest BCUT2D eigenvalue weighted by atomic mass is 15.2. The van der Waals surface area contributed by atoms with Crippen LogP contribution in [-0.4, -0.2) is 48.0 Å². The van der Waals surface area contributed by atoms with E-state index in [9.17, 15) is 0 Å². The first-order chi connectivity index (χ1) is 10.2. The molecule has 0 aliphatic carbocycles. The summed E-state index contributed by atoms with van der Waals surface area (Å²) in [6.45, 7) is 5.54. The SMILES string of the molecule is CN1CCN(Cc2ccc(-c3cccc(N)c3)nc2)CC1. The van der Waals surface area contributed by atoms with Gasteiger partial charge in [-0.25, -0.2) is 0 Å². The number of nitrogen functional groups attached to an aromatic ring is 1. The molecule has 4 heteroatoms. The Kier molecular flexibility index (Phi) is 4.18. The van der Waals surface area contributed by atoms with Crippen molar-refractivity contribution in [2.45, 2.75) is 6.54 Å². The van der Waals surface area contributed by atoms with Crippen LogP contribution in [-0.2, 0) is 6.54 Å². The van der Waals surface area contributed by atoms with Gasteiger partial charge in [0.15, 0.2) is 0 Å². The summed E-state index contributed by atoms with van der Waals surface area (Å²) in [6, 6.07) is 12.1. The lowest BCUT2D eigenvalue weighted by atomic mass is 10.1. The van der Waals surface area contributed by atoms with Gasteiger partial charge in [0.1, 0.15) is 0 Å². The minimum atomic E-state index is 0.774. The average molecular weight is 282 g/mol. The lowest BCUT2D eigenvalue weighted by Crippen LogP contribution is -2.43. The number of benzene rings is 1. The number of likely N-dealkylation sites (N-methyl/N-ethyl adjacent to an activating group) is 1. The van der Waals surface area contributed by atoms with E-state index in [2.05, 4.69) is 34.0 Å². The number of anilines is 1. The molecule has 1 aliphatic rings. The third kappa shape index (κ3) is 3.60. The molecule has 1 saturated heterocycles. The summed E-state index contributed by atoms with van der Waals surface area (Å²) >= 11 is 0. The second kappa shape index (κ2) is 6.24. The van der Waals surface area contributed by atoms with Gasteiger partial charge in [-0.15, -0.1) is 0 Å². The Balaban J connectivity index is 1.67. The van der Waals surface area contributed by atoms with Gasteiger partial charge < -0.3 is 10.6 Å². The van der Waals surface area contributed by atoms with Crippen molar-refractivity contribution >= 4 is 5.69 Å². The van der Waals surface area contributed by atoms with Crippen molar-refractivity contribution in [2.24, 2.45) is 0 Å². The molecule has 0 amide bonds. The Labute approximate surface area is 126 Å². The number of piperazine rings is 1. The zero-order valence-electron chi connectivity index (χ0n) is 12.5. The first kappa shape index (κ1) is 14.0. The van der Waals surface area contributed by atoms with Crippen molar-refractivity contribution in [1.82, 2.24) is 14.8 Å². The maximum absolute atomic E-state index is 5.82. The van der Waals surface area contributed by atoms with Crippen LogP contribution in [0.15, 0.2) is 42.6 Å². The number of nitrogens with zero attached hydrogens (tertiary/aromatic N) is 3. The molecule has 3 rings (SSSR count). The highest BCUT2D eigenvalue weighted by molar-refractivity contribution is 5.63. The Hall–Kier alpha value is -1.91. The summed E-state index contributed by atoms with van der Waals surface area (Å²) in [5.74, 6) is 0. The molecular formula is C17H22N4. The van der Waals surface area contributed by atoms with Gasteiger partial charge in [-0.1, -0.05) is 18.2 Å². The van der Waals surface area contributed by atoms with Crippen molar-refractivity contribution < 1.29 is 0 Å². The van der Waals surface area contributed by atoms with Crippen LogP contribution < -0.4 is 5.73 Å². The lowest BCUT2D eigenvalue weighted by Gasteiger charge is -2.32. The summed E-state index contributed by atoms with van der Waals surface area (Å²) in [5, 5.41) is 0. The fourth-order valence-corrected chi connectivity index (χ4v) is 2.65. The standard InChI is InChI=1S/C17H22N4/c1-20-7-9-21(10-8-20)13-14-5-6-17(19-12-14)15-3-2-4-16(18)11-15/h2-6,11-12H,7-10,13,18H2,1H3. The third-order valence-electron chi connectivity index (χ3n) is 4.01. The Morgan fingerprint density at radius 1 is 1.10 bits per heavy atom. The van der Waals surface area contributed by atoms with E-state index in [-0.39, 0.29) is 0 Å². The molecule has 4 nitrogen and oxygen atoms in total. The third-order valence-corrected chi connectivity index (χ3v) is 4.01. The zero-order chi connectivity index (χ0) is 14.7. The molecule has 2 N–H and O–H groups in total. The molecule has 1 fully saturated rings. The van der Waals surface area contributed by atoms with Gasteiger partial charge in [-0.05, 0) is 30.8 Å². The molecule has 21 heavy (non-hydrogen) atoms. The molecular weight excluding hydrogens is 260 g/mol. The van der Waals surface area contributed by atoms with E-state index in [0.717, 1.165) is 49.7 Å². The summed E-state index contributed by atoms with van der Waals surface area (Å²) in [7, 11) is 2.18. The zero-order valence-corrected chi connectivity index (χ0v) is 12.5. The molecule has 0 radical (unpaired) electrons. The average Bonchev–Trinajstić information content (AvgIpc) is 2.50. The maximum Gasteiger partial charge on any atom is 0.0702 e. The van der Waals surface area contributed by atoms with Crippen LogP contribution in [0.2, 0.25) is 0 Å². The molecule has 0 atom stereocenters. The van der Waals surface area contributed by atoms with Gasteiger partial charge in [-0.2, -0.15) is 0 Å². The monoisotopic (exact) mass is 282 g/mol. The van der Waals surface area contributed by atoms with E-state index < -0.39 is 0 Å². The minimum Gasteiger partial charge on any atom is -0.399 e. The summed E-state index contributed by atoms with van der Waals surface area (Å²) in [4.78, 5) is 9.43. The number of hydrogen-bond donors (Lipinski definition) is 1. The predicted octanol–water partition coefficient (Wildman–Crippen LogP) is 2.08. The molecule has 110 valence electrons. The number of nitrogens with two attached hydrogens (primary N) is 1. The van der Waals surface area contributed by atoms with Crippen molar-refractivity contribution in [1.29, 1.82) is 0 Å². The smallest absolute Gasteiger partial charge is 0.0702 e. The Morgan fingerprint density at radius 3 is 2.57 bits per heavy atom. The van der Waals surface area contributed by atoms with Crippen molar-refractivity contribution in [3.8, 4) is 11.3 Å². The van der Waals surface area contributed by atoms with E-state index in [1.807, 2.05) is 30.5 Å². The Morgan fingerprint density at radius 2 is 1.90 bits per heavy atom. The molecule has 0 bridgehead atoms. The van der Waals surface area contributed by atoms with Gasteiger partial charge >= 0.3 is 0 Å². The summed E-state index contributed by atoms with van der Waals surface area (Å²) in [5.41, 5.74) is 9.91. The van der Waals surface area contributed by atoms with Crippen LogP contribution in [0, 0.1) is 0 Å². The van der Waals surface area contributed by atoms with Crippen LogP contribution in [0.1, 0.15) is 5.56 Å². The number of hydrogen-bond acceptors (Lipinski definition) is 4. The lowest BCUT2D eigenvalue weighted by molar-refractivity contribution is 0.148. The largest absolute Gasteiger partial charge is 0.399 e. The van der Waals surface area contributed by atoms with Gasteiger partial charge in [0.05, 0.1) is 5.69 Å². The highest BCUT2D eigenvalue weighted by Crippen LogP contribution is 2.19. The van der Waals surface area contributed by atoms with E-state index >= 15 is 0 Å². The first-order valence-corrected chi connectivity index (χ1v) is 7.42. The van der Waals surface area contributed by atoms with Gasteiger partial charge in [0, 0.05) is 50.2 Å². The fourth-order valence-electron chi connectivity index (χ4n) is 2.65. The van der Waals surface area contributed by atoms with Gasteiger partial charge in [-0.3, -0.25) is 9.88 Å². The second-order valence-corrected chi connectivity index (χ2v) is 5.76.